The summed E-state index contributed by atoms with van der Waals surface area (Å²) in [4.78, 5) is 11.2. The lowest BCUT2D eigenvalue weighted by Gasteiger charge is -2.12. The van der Waals surface area contributed by atoms with Crippen molar-refractivity contribution in [1.82, 2.24) is 0 Å². The highest BCUT2D eigenvalue weighted by Gasteiger charge is 2.10. The number of hydrogen-bond donors (Lipinski definition) is 3. The van der Waals surface area contributed by atoms with E-state index in [1.54, 1.807) is 12.1 Å². The van der Waals surface area contributed by atoms with Crippen molar-refractivity contribution in [2.24, 2.45) is 0 Å². The lowest BCUT2D eigenvalue weighted by molar-refractivity contribution is 0.0698. The quantitative estimate of drug-likeness (QED) is 0.738. The molecule has 0 aliphatic rings. The Hall–Kier alpha value is -2.49. The van der Waals surface area contributed by atoms with Gasteiger partial charge in [-0.2, -0.15) is 0 Å². The fraction of sp³-hybridized carbons (Fsp3) is 0.188. The molecule has 4 N–H and O–H groups in total. The monoisotopic (exact) mass is 270 g/mol. The van der Waals surface area contributed by atoms with E-state index in [-0.39, 0.29) is 5.56 Å². The zero-order chi connectivity index (χ0) is 14.7. The predicted molar refractivity (Wildman–Crippen MR) is 81.6 cm³/mol. The smallest absolute Gasteiger partial charge is 0.337 e. The molecule has 2 rings (SSSR count). The van der Waals surface area contributed by atoms with Gasteiger partial charge >= 0.3 is 5.97 Å². The second-order valence-corrected chi connectivity index (χ2v) is 5.01. The number of rotatable bonds is 4. The van der Waals surface area contributed by atoms with Gasteiger partial charge in [0.05, 0.1) is 11.3 Å². The molecule has 4 nitrogen and oxygen atoms in total. The van der Waals surface area contributed by atoms with Crippen LogP contribution in [0.3, 0.4) is 0 Å². The average Bonchev–Trinajstić information content (AvgIpc) is 2.39. The van der Waals surface area contributed by atoms with Gasteiger partial charge < -0.3 is 16.2 Å². The van der Waals surface area contributed by atoms with Gasteiger partial charge in [-0.15, -0.1) is 0 Å². The van der Waals surface area contributed by atoms with Crippen LogP contribution in [0.1, 0.15) is 35.7 Å². The molecule has 0 aliphatic carbocycles. The molecule has 0 aliphatic heterocycles. The van der Waals surface area contributed by atoms with E-state index >= 15 is 0 Å². The van der Waals surface area contributed by atoms with Gasteiger partial charge in [0.1, 0.15) is 0 Å². The SMILES string of the molecule is CC(C)c1ccc(Nc2cc(N)ccc2C(=O)O)cc1. The zero-order valence-electron chi connectivity index (χ0n) is 11.6. The number of anilines is 3. The molecule has 0 radical (unpaired) electrons. The van der Waals surface area contributed by atoms with Crippen LogP contribution in [0.25, 0.3) is 0 Å². The minimum absolute atomic E-state index is 0.201. The first-order valence-electron chi connectivity index (χ1n) is 6.47. The molecule has 0 amide bonds. The molecule has 20 heavy (non-hydrogen) atoms. The van der Waals surface area contributed by atoms with Crippen molar-refractivity contribution in [2.75, 3.05) is 11.1 Å². The number of benzene rings is 2. The Morgan fingerprint density at radius 2 is 1.80 bits per heavy atom. The van der Waals surface area contributed by atoms with Crippen molar-refractivity contribution in [3.63, 3.8) is 0 Å². The van der Waals surface area contributed by atoms with E-state index in [0.29, 0.717) is 17.3 Å². The van der Waals surface area contributed by atoms with Crippen molar-refractivity contribution in [2.45, 2.75) is 19.8 Å². The molecule has 0 heterocycles. The topological polar surface area (TPSA) is 75.3 Å². The first-order chi connectivity index (χ1) is 9.47. The van der Waals surface area contributed by atoms with Gasteiger partial charge in [-0.05, 0) is 41.8 Å². The van der Waals surface area contributed by atoms with E-state index in [0.717, 1.165) is 5.69 Å². The number of carboxylic acids is 1. The summed E-state index contributed by atoms with van der Waals surface area (Å²) in [5.74, 6) is -0.516. The normalized spacial score (nSPS) is 10.6. The molecule has 0 saturated heterocycles. The van der Waals surface area contributed by atoms with Crippen LogP contribution in [-0.4, -0.2) is 11.1 Å². The largest absolute Gasteiger partial charge is 0.478 e. The molecule has 2 aromatic carbocycles. The predicted octanol–water partition coefficient (Wildman–Crippen LogP) is 3.83. The van der Waals surface area contributed by atoms with E-state index in [2.05, 4.69) is 19.2 Å². The van der Waals surface area contributed by atoms with Crippen molar-refractivity contribution >= 4 is 23.0 Å². The van der Waals surface area contributed by atoms with Crippen molar-refractivity contribution in [1.29, 1.82) is 0 Å². The summed E-state index contributed by atoms with van der Waals surface area (Å²) in [6.07, 6.45) is 0. The number of carbonyl (C=O) groups is 1. The highest BCUT2D eigenvalue weighted by Crippen LogP contribution is 2.25. The second kappa shape index (κ2) is 5.65. The lowest BCUT2D eigenvalue weighted by Crippen LogP contribution is -2.03. The van der Waals surface area contributed by atoms with Gasteiger partial charge in [0, 0.05) is 11.4 Å². The number of nitrogens with two attached hydrogens (primary N) is 1. The highest BCUT2D eigenvalue weighted by atomic mass is 16.4. The number of carboxylic acid groups (broad SMARTS) is 1. The fourth-order valence-corrected chi connectivity index (χ4v) is 1.96. The fourth-order valence-electron chi connectivity index (χ4n) is 1.96. The van der Waals surface area contributed by atoms with E-state index in [4.69, 9.17) is 5.73 Å². The Morgan fingerprint density at radius 3 is 2.35 bits per heavy atom. The maximum atomic E-state index is 11.2. The minimum Gasteiger partial charge on any atom is -0.478 e. The highest BCUT2D eigenvalue weighted by molar-refractivity contribution is 5.96. The molecular weight excluding hydrogens is 252 g/mol. The number of hydrogen-bond acceptors (Lipinski definition) is 3. The Balaban J connectivity index is 2.29. The van der Waals surface area contributed by atoms with Crippen LogP contribution in [0.4, 0.5) is 17.1 Å². The van der Waals surface area contributed by atoms with Gasteiger partial charge in [-0.3, -0.25) is 0 Å². The molecule has 0 atom stereocenters. The Morgan fingerprint density at radius 1 is 1.15 bits per heavy atom. The van der Waals surface area contributed by atoms with Gasteiger partial charge in [0.2, 0.25) is 0 Å². The molecule has 0 fully saturated rings. The first kappa shape index (κ1) is 13.9. The van der Waals surface area contributed by atoms with Crippen LogP contribution in [0.2, 0.25) is 0 Å². The van der Waals surface area contributed by atoms with E-state index in [9.17, 15) is 9.90 Å². The molecule has 0 spiro atoms. The maximum Gasteiger partial charge on any atom is 0.337 e. The summed E-state index contributed by atoms with van der Waals surface area (Å²) in [5, 5.41) is 12.3. The summed E-state index contributed by atoms with van der Waals surface area (Å²) < 4.78 is 0. The van der Waals surface area contributed by atoms with Crippen molar-refractivity contribution in [3.05, 3.63) is 53.6 Å². The summed E-state index contributed by atoms with van der Waals surface area (Å²) in [7, 11) is 0. The molecule has 0 unspecified atom stereocenters. The average molecular weight is 270 g/mol. The van der Waals surface area contributed by atoms with Crippen LogP contribution in [0.5, 0.6) is 0 Å². The van der Waals surface area contributed by atoms with E-state index in [1.807, 2.05) is 24.3 Å². The third kappa shape index (κ3) is 3.09. The van der Waals surface area contributed by atoms with Crippen LogP contribution in [0.15, 0.2) is 42.5 Å². The van der Waals surface area contributed by atoms with Crippen LogP contribution < -0.4 is 11.1 Å². The van der Waals surface area contributed by atoms with Gasteiger partial charge in [0.15, 0.2) is 0 Å². The summed E-state index contributed by atoms with van der Waals surface area (Å²) in [5.41, 5.74) is 9.01. The van der Waals surface area contributed by atoms with Crippen molar-refractivity contribution in [3.8, 4) is 0 Å². The second-order valence-electron chi connectivity index (χ2n) is 5.01. The van der Waals surface area contributed by atoms with Crippen molar-refractivity contribution < 1.29 is 9.90 Å². The molecular formula is C16H18N2O2. The Labute approximate surface area is 118 Å². The molecule has 4 heteroatoms. The summed E-state index contributed by atoms with van der Waals surface area (Å²) >= 11 is 0. The summed E-state index contributed by atoms with van der Waals surface area (Å²) in [6.45, 7) is 4.26. The molecule has 2 aromatic rings. The first-order valence-corrected chi connectivity index (χ1v) is 6.47. The van der Waals surface area contributed by atoms with Gasteiger partial charge in [0.25, 0.3) is 0 Å². The summed E-state index contributed by atoms with van der Waals surface area (Å²) in [6, 6.07) is 12.6. The van der Waals surface area contributed by atoms with Crippen LogP contribution in [-0.2, 0) is 0 Å². The minimum atomic E-state index is -0.980. The Kier molecular flexibility index (Phi) is 3.94. The molecule has 104 valence electrons. The molecule has 0 saturated carbocycles. The standard InChI is InChI=1S/C16H18N2O2/c1-10(2)11-3-6-13(7-4-11)18-15-9-12(17)5-8-14(15)16(19)20/h3-10,18H,17H2,1-2H3,(H,19,20). The zero-order valence-corrected chi connectivity index (χ0v) is 11.6. The maximum absolute atomic E-state index is 11.2. The van der Waals surface area contributed by atoms with Gasteiger partial charge in [-0.25, -0.2) is 4.79 Å². The number of nitrogen functional groups attached to an aromatic ring is 1. The van der Waals surface area contributed by atoms with Crippen LogP contribution >= 0.6 is 0 Å². The van der Waals surface area contributed by atoms with E-state index in [1.165, 1.54) is 11.6 Å². The third-order valence-corrected chi connectivity index (χ3v) is 3.13. The molecule has 0 aromatic heterocycles. The number of nitrogens with one attached hydrogen (secondary N) is 1. The number of aromatic carboxylic acids is 1. The Bertz CT molecular complexity index is 619. The van der Waals surface area contributed by atoms with Crippen LogP contribution in [0, 0.1) is 0 Å². The lowest BCUT2D eigenvalue weighted by atomic mass is 10.0. The third-order valence-electron chi connectivity index (χ3n) is 3.13. The van der Waals surface area contributed by atoms with E-state index < -0.39 is 5.97 Å². The molecule has 0 bridgehead atoms. The van der Waals surface area contributed by atoms with Gasteiger partial charge in [-0.1, -0.05) is 26.0 Å².